The van der Waals surface area contributed by atoms with Crippen LogP contribution in [-0.2, 0) is 0 Å². The molecule has 1 unspecified atom stereocenters. The van der Waals surface area contributed by atoms with E-state index in [4.69, 9.17) is 15.6 Å². The molecule has 0 saturated carbocycles. The molecule has 0 spiro atoms. The van der Waals surface area contributed by atoms with Crippen LogP contribution in [-0.4, -0.2) is 23.1 Å². The Morgan fingerprint density at radius 1 is 1.35 bits per heavy atom. The van der Waals surface area contributed by atoms with E-state index in [1.807, 2.05) is 32.0 Å². The Kier molecular flexibility index (Phi) is 5.65. The number of hydrogen-bond donors (Lipinski definition) is 2. The highest BCUT2D eigenvalue weighted by molar-refractivity contribution is 7.99. The topological polar surface area (TPSA) is 55.5 Å². The zero-order valence-corrected chi connectivity index (χ0v) is 11.5. The Balaban J connectivity index is 2.74. The van der Waals surface area contributed by atoms with Gasteiger partial charge in [-0.15, -0.1) is 11.8 Å². The lowest BCUT2D eigenvalue weighted by Gasteiger charge is -2.15. The zero-order chi connectivity index (χ0) is 12.8. The van der Waals surface area contributed by atoms with Gasteiger partial charge in [-0.1, -0.05) is 6.92 Å². The number of rotatable bonds is 6. The molecule has 0 amide bonds. The number of nitrogens with two attached hydrogens (primary N) is 1. The van der Waals surface area contributed by atoms with Crippen LogP contribution in [0.15, 0.2) is 23.1 Å². The number of ether oxygens (including phenoxy) is 1. The van der Waals surface area contributed by atoms with Gasteiger partial charge >= 0.3 is 0 Å². The van der Waals surface area contributed by atoms with Crippen LogP contribution in [0.2, 0.25) is 0 Å². The Morgan fingerprint density at radius 2 is 2.06 bits per heavy atom. The monoisotopic (exact) mass is 255 g/mol. The van der Waals surface area contributed by atoms with Crippen LogP contribution in [0.3, 0.4) is 0 Å². The average molecular weight is 255 g/mol. The first-order valence-corrected chi connectivity index (χ1v) is 6.74. The van der Waals surface area contributed by atoms with Crippen LogP contribution in [0, 0.1) is 0 Å². The molecule has 0 aliphatic rings. The van der Waals surface area contributed by atoms with Gasteiger partial charge in [-0.3, -0.25) is 0 Å². The Hall–Kier alpha value is -0.870. The summed E-state index contributed by atoms with van der Waals surface area (Å²) in [5, 5.41) is 9.26. The predicted octanol–water partition coefficient (Wildman–Crippen LogP) is 2.92. The van der Waals surface area contributed by atoms with Gasteiger partial charge in [-0.25, -0.2) is 0 Å². The van der Waals surface area contributed by atoms with Crippen LogP contribution < -0.4 is 10.5 Å². The maximum Gasteiger partial charge on any atom is 0.143 e. The molecule has 1 atom stereocenters. The molecule has 1 aromatic carbocycles. The van der Waals surface area contributed by atoms with Crippen molar-refractivity contribution in [2.45, 2.75) is 43.4 Å². The number of aliphatic hydroxyl groups is 1. The van der Waals surface area contributed by atoms with Gasteiger partial charge in [0.2, 0.25) is 0 Å². The number of hydrogen-bond acceptors (Lipinski definition) is 4. The molecule has 1 aromatic rings. The molecule has 0 bridgehead atoms. The highest BCUT2D eigenvalue weighted by atomic mass is 32.2. The normalized spacial score (nSPS) is 12.8. The summed E-state index contributed by atoms with van der Waals surface area (Å²) in [6.07, 6.45) is 0.905. The smallest absolute Gasteiger partial charge is 0.143 e. The average Bonchev–Trinajstić information content (AvgIpc) is 2.22. The van der Waals surface area contributed by atoms with E-state index in [0.29, 0.717) is 10.9 Å². The molecular formula is C13H21NO2S. The van der Waals surface area contributed by atoms with Crippen molar-refractivity contribution in [3.8, 4) is 5.75 Å². The van der Waals surface area contributed by atoms with Crippen molar-refractivity contribution < 1.29 is 9.84 Å². The van der Waals surface area contributed by atoms with Crippen molar-refractivity contribution in [2.75, 3.05) is 12.3 Å². The summed E-state index contributed by atoms with van der Waals surface area (Å²) in [5.41, 5.74) is 6.52. The third kappa shape index (κ3) is 4.88. The minimum Gasteiger partial charge on any atom is -0.489 e. The lowest BCUT2D eigenvalue weighted by atomic mass is 10.3. The van der Waals surface area contributed by atoms with Crippen LogP contribution >= 0.6 is 11.8 Å². The molecule has 3 nitrogen and oxygen atoms in total. The second-order valence-corrected chi connectivity index (χ2v) is 5.82. The summed E-state index contributed by atoms with van der Waals surface area (Å²) in [4.78, 5) is 1.12. The standard InChI is InChI=1S/C13H21NO2S/c1-9(2)16-13-8-11(4-5-12(13)14)17-10(3)6-7-15/h4-5,8-10,15H,6-7,14H2,1-3H3. The predicted molar refractivity (Wildman–Crippen MR) is 73.6 cm³/mol. The second-order valence-electron chi connectivity index (χ2n) is 4.31. The van der Waals surface area contributed by atoms with Crippen LogP contribution in [0.1, 0.15) is 27.2 Å². The lowest BCUT2D eigenvalue weighted by molar-refractivity contribution is 0.243. The molecule has 0 aliphatic heterocycles. The number of nitrogen functional groups attached to an aromatic ring is 1. The quantitative estimate of drug-likeness (QED) is 0.606. The number of benzene rings is 1. The van der Waals surface area contributed by atoms with E-state index in [0.717, 1.165) is 17.1 Å². The molecule has 0 saturated heterocycles. The van der Waals surface area contributed by atoms with E-state index in [2.05, 4.69) is 6.92 Å². The number of anilines is 1. The number of thioether (sulfide) groups is 1. The summed E-state index contributed by atoms with van der Waals surface area (Å²) in [6, 6.07) is 5.82. The van der Waals surface area contributed by atoms with Crippen molar-refractivity contribution in [1.29, 1.82) is 0 Å². The molecule has 4 heteroatoms. The van der Waals surface area contributed by atoms with E-state index in [1.54, 1.807) is 11.8 Å². The third-order valence-corrected chi connectivity index (χ3v) is 3.38. The molecule has 0 fully saturated rings. The molecular weight excluding hydrogens is 234 g/mol. The maximum absolute atomic E-state index is 8.87. The Labute approximate surface area is 107 Å². The van der Waals surface area contributed by atoms with E-state index in [-0.39, 0.29) is 12.7 Å². The lowest BCUT2D eigenvalue weighted by Crippen LogP contribution is -2.07. The zero-order valence-electron chi connectivity index (χ0n) is 10.6. The largest absolute Gasteiger partial charge is 0.489 e. The molecule has 0 aromatic heterocycles. The molecule has 96 valence electrons. The molecule has 1 rings (SSSR count). The second kappa shape index (κ2) is 6.77. The van der Waals surface area contributed by atoms with E-state index in [1.165, 1.54) is 0 Å². The minimum absolute atomic E-state index is 0.118. The molecule has 0 radical (unpaired) electrons. The van der Waals surface area contributed by atoms with Gasteiger partial charge < -0.3 is 15.6 Å². The summed E-state index contributed by atoms with van der Waals surface area (Å²) in [5.74, 6) is 0.737. The summed E-state index contributed by atoms with van der Waals surface area (Å²) < 4.78 is 5.64. The van der Waals surface area contributed by atoms with Gasteiger partial charge in [-0.05, 0) is 38.5 Å². The SMILES string of the molecule is CC(C)Oc1cc(SC(C)CCO)ccc1N. The first-order chi connectivity index (χ1) is 8.02. The van der Waals surface area contributed by atoms with Crippen molar-refractivity contribution in [2.24, 2.45) is 0 Å². The van der Waals surface area contributed by atoms with Gasteiger partial charge in [0.1, 0.15) is 5.75 Å². The van der Waals surface area contributed by atoms with Crippen molar-refractivity contribution >= 4 is 17.4 Å². The van der Waals surface area contributed by atoms with Crippen molar-refractivity contribution in [3.05, 3.63) is 18.2 Å². The Morgan fingerprint density at radius 3 is 2.65 bits per heavy atom. The highest BCUT2D eigenvalue weighted by Gasteiger charge is 2.08. The summed E-state index contributed by atoms with van der Waals surface area (Å²) in [7, 11) is 0. The fourth-order valence-electron chi connectivity index (χ4n) is 1.42. The third-order valence-electron chi connectivity index (χ3n) is 2.22. The fraction of sp³-hybridized carbons (Fsp3) is 0.538. The molecule has 0 aliphatic carbocycles. The fourth-order valence-corrected chi connectivity index (χ4v) is 2.43. The number of aliphatic hydroxyl groups excluding tert-OH is 1. The van der Waals surface area contributed by atoms with Crippen molar-refractivity contribution in [3.63, 3.8) is 0 Å². The van der Waals surface area contributed by atoms with Crippen LogP contribution in [0.25, 0.3) is 0 Å². The molecule has 0 heterocycles. The van der Waals surface area contributed by atoms with Crippen LogP contribution in [0.5, 0.6) is 5.75 Å². The summed E-state index contributed by atoms with van der Waals surface area (Å²) >= 11 is 1.72. The highest BCUT2D eigenvalue weighted by Crippen LogP contribution is 2.32. The van der Waals surface area contributed by atoms with E-state index in [9.17, 15) is 0 Å². The van der Waals surface area contributed by atoms with E-state index >= 15 is 0 Å². The first kappa shape index (κ1) is 14.2. The van der Waals surface area contributed by atoms with Gasteiger partial charge in [0.25, 0.3) is 0 Å². The van der Waals surface area contributed by atoms with Crippen molar-refractivity contribution in [1.82, 2.24) is 0 Å². The van der Waals surface area contributed by atoms with E-state index < -0.39 is 0 Å². The maximum atomic E-state index is 8.87. The van der Waals surface area contributed by atoms with Gasteiger partial charge in [0.15, 0.2) is 0 Å². The van der Waals surface area contributed by atoms with Gasteiger partial charge in [0, 0.05) is 16.8 Å². The first-order valence-electron chi connectivity index (χ1n) is 5.86. The Bertz CT molecular complexity index is 355. The van der Waals surface area contributed by atoms with Gasteiger partial charge in [-0.2, -0.15) is 0 Å². The van der Waals surface area contributed by atoms with Gasteiger partial charge in [0.05, 0.1) is 11.8 Å². The minimum atomic E-state index is 0.118. The molecule has 3 N–H and O–H groups in total. The van der Waals surface area contributed by atoms with Crippen LogP contribution in [0.4, 0.5) is 5.69 Å². The molecule has 17 heavy (non-hydrogen) atoms. The summed E-state index contributed by atoms with van der Waals surface area (Å²) in [6.45, 7) is 6.28.